The molecule has 3 aromatic rings. The Balaban J connectivity index is 0.00000121. The third-order valence-corrected chi connectivity index (χ3v) is 9.64. The minimum Gasteiger partial charge on any atom is -0.426 e. The summed E-state index contributed by atoms with van der Waals surface area (Å²) in [5.41, 5.74) is 6.18. The molecule has 1 saturated heterocycles. The molecule has 1 aliphatic heterocycles. The van der Waals surface area contributed by atoms with Crippen molar-refractivity contribution in [1.29, 1.82) is 0 Å². The summed E-state index contributed by atoms with van der Waals surface area (Å²) >= 11 is 1.70. The topological polar surface area (TPSA) is 74.4 Å². The van der Waals surface area contributed by atoms with E-state index in [-0.39, 0.29) is 17.8 Å². The predicted molar refractivity (Wildman–Crippen MR) is 183 cm³/mol. The number of hydrogen-bond donors (Lipinski definition) is 2. The Bertz CT molecular complexity index is 1340. The largest absolute Gasteiger partial charge is 0.426 e. The molecule has 1 fully saturated rings. The number of esters is 1. The van der Waals surface area contributed by atoms with Crippen LogP contribution in [-0.2, 0) is 22.4 Å². The molecule has 5 rings (SSSR count). The number of likely N-dealkylation sites (N-methyl/N-ethyl adjacent to an activating group) is 1. The number of ether oxygens (including phenoxy) is 1. The molecule has 0 radical (unpaired) electrons. The van der Waals surface area contributed by atoms with Crippen molar-refractivity contribution in [2.75, 3.05) is 31.6 Å². The number of thioether (sulfide) groups is 1. The van der Waals surface area contributed by atoms with Gasteiger partial charge in [-0.15, -0.1) is 11.8 Å². The van der Waals surface area contributed by atoms with Gasteiger partial charge in [0.25, 0.3) is 0 Å². The third kappa shape index (κ3) is 8.52. The number of aromatic amines is 1. The summed E-state index contributed by atoms with van der Waals surface area (Å²) in [4.78, 5) is 30.7. The van der Waals surface area contributed by atoms with Crippen LogP contribution in [0.4, 0.5) is 0 Å². The zero-order chi connectivity index (χ0) is 31.5. The fourth-order valence-corrected chi connectivity index (χ4v) is 7.58. The van der Waals surface area contributed by atoms with E-state index in [1.165, 1.54) is 28.5 Å². The van der Waals surface area contributed by atoms with Gasteiger partial charge in [-0.2, -0.15) is 0 Å². The maximum absolute atomic E-state index is 12.7. The summed E-state index contributed by atoms with van der Waals surface area (Å²) < 4.78 is 5.73. The third-order valence-electron chi connectivity index (χ3n) is 8.49. The van der Waals surface area contributed by atoms with E-state index in [1.54, 1.807) is 25.7 Å². The zero-order valence-electron chi connectivity index (χ0n) is 27.6. The smallest absolute Gasteiger partial charge is 0.321 e. The lowest BCUT2D eigenvalue weighted by atomic mass is 9.72. The highest BCUT2D eigenvalue weighted by atomic mass is 32.2. The first-order valence-electron chi connectivity index (χ1n) is 16.3. The Labute approximate surface area is 263 Å². The number of Topliss-reactive ketones (excluding diaryl/α,β-unsaturated/α-hetero) is 1. The molecule has 43 heavy (non-hydrogen) atoms. The summed E-state index contributed by atoms with van der Waals surface area (Å²) in [5, 5.41) is 4.50. The number of fused-ring (bicyclic) bond motifs is 2. The molecule has 0 bridgehead atoms. The van der Waals surface area contributed by atoms with Crippen LogP contribution in [0.3, 0.4) is 0 Å². The van der Waals surface area contributed by atoms with Crippen LogP contribution in [-0.4, -0.2) is 65.4 Å². The van der Waals surface area contributed by atoms with Crippen molar-refractivity contribution >= 4 is 34.4 Å². The SMILES string of the molecule is CC.CC.CCCN1C[C@H](CSCC(=O)Oc2ccc(CC(NC)C(C)=O)cc2C)CC2c3cccc4[nH]cc(c34)CC21. The second kappa shape index (κ2) is 17.0. The summed E-state index contributed by atoms with van der Waals surface area (Å²) in [6.07, 6.45) is 6.28. The Morgan fingerprint density at radius 2 is 1.93 bits per heavy atom. The molecule has 2 aromatic carbocycles. The van der Waals surface area contributed by atoms with Crippen LogP contribution in [0, 0.1) is 12.8 Å². The van der Waals surface area contributed by atoms with Gasteiger partial charge in [0.1, 0.15) is 11.5 Å². The van der Waals surface area contributed by atoms with Gasteiger partial charge in [-0.1, -0.05) is 58.9 Å². The first-order valence-corrected chi connectivity index (χ1v) is 17.4. The quantitative estimate of drug-likeness (QED) is 0.176. The van der Waals surface area contributed by atoms with Crippen LogP contribution < -0.4 is 10.1 Å². The minimum atomic E-state index is -0.205. The van der Waals surface area contributed by atoms with E-state index in [9.17, 15) is 9.59 Å². The highest BCUT2D eigenvalue weighted by Gasteiger charge is 2.40. The molecule has 7 heteroatoms. The van der Waals surface area contributed by atoms with Gasteiger partial charge >= 0.3 is 5.97 Å². The number of rotatable bonds is 11. The molecule has 0 spiro atoms. The molecule has 236 valence electrons. The van der Waals surface area contributed by atoms with E-state index >= 15 is 0 Å². The number of carbonyl (C=O) groups is 2. The molecular weight excluding hydrogens is 554 g/mol. The number of aryl methyl sites for hydroxylation is 1. The number of nitrogens with one attached hydrogen (secondary N) is 2. The van der Waals surface area contributed by atoms with Gasteiger partial charge in [0, 0.05) is 35.6 Å². The van der Waals surface area contributed by atoms with Crippen molar-refractivity contribution in [2.24, 2.45) is 5.92 Å². The van der Waals surface area contributed by atoms with Gasteiger partial charge in [-0.3, -0.25) is 14.5 Å². The zero-order valence-corrected chi connectivity index (χ0v) is 28.4. The first-order chi connectivity index (χ1) is 20.9. The lowest BCUT2D eigenvalue weighted by Crippen LogP contribution is -2.50. The maximum atomic E-state index is 12.7. The number of nitrogens with zero attached hydrogens (tertiary/aromatic N) is 1. The number of piperidine rings is 1. The number of H-pyrrole nitrogens is 1. The van der Waals surface area contributed by atoms with Gasteiger partial charge in [-0.05, 0) is 99.2 Å². The van der Waals surface area contributed by atoms with Gasteiger partial charge in [-0.25, -0.2) is 0 Å². The molecule has 6 nitrogen and oxygen atoms in total. The average Bonchev–Trinajstić information content (AvgIpc) is 3.44. The predicted octanol–water partition coefficient (Wildman–Crippen LogP) is 7.33. The second-order valence-electron chi connectivity index (χ2n) is 11.3. The number of ketones is 1. The van der Waals surface area contributed by atoms with E-state index in [0.29, 0.717) is 35.8 Å². The molecule has 0 amide bonds. The van der Waals surface area contributed by atoms with Crippen LogP contribution in [0.1, 0.15) is 82.6 Å². The molecule has 2 N–H and O–H groups in total. The summed E-state index contributed by atoms with van der Waals surface area (Å²) in [7, 11) is 1.80. The highest BCUT2D eigenvalue weighted by molar-refractivity contribution is 7.99. The molecule has 0 saturated carbocycles. The van der Waals surface area contributed by atoms with Crippen LogP contribution in [0.2, 0.25) is 0 Å². The van der Waals surface area contributed by atoms with Gasteiger partial charge < -0.3 is 15.0 Å². The normalized spacial score (nSPS) is 19.8. The number of carbonyl (C=O) groups excluding carboxylic acids is 2. The van der Waals surface area contributed by atoms with E-state index in [2.05, 4.69) is 46.5 Å². The standard InChI is InChI=1S/C32H41N3O3S.2C2H6/c1-5-11-35-17-23(13-26-25-7-6-8-27-32(25)24(16-34-27)15-29(26)35)18-39-19-31(37)38-30-10-9-22(12-20(30)2)14-28(33-4)21(3)36;2*1-2/h6-10,12,16,23,26,28-29,33-34H,5,11,13-15,17-19H2,1-4H3;2*1-2H3/t23-,26?,28?,29?;;/m1../s1. The van der Waals surface area contributed by atoms with Crippen LogP contribution in [0.5, 0.6) is 5.75 Å². The van der Waals surface area contributed by atoms with Gasteiger partial charge in [0.05, 0.1) is 11.8 Å². The number of benzene rings is 2. The van der Waals surface area contributed by atoms with Crippen molar-refractivity contribution < 1.29 is 14.3 Å². The van der Waals surface area contributed by atoms with Crippen molar-refractivity contribution in [1.82, 2.24) is 15.2 Å². The van der Waals surface area contributed by atoms with Crippen molar-refractivity contribution in [3.05, 3.63) is 64.8 Å². The molecule has 1 aromatic heterocycles. The Hall–Kier alpha value is -2.61. The first kappa shape index (κ1) is 34.9. The lowest BCUT2D eigenvalue weighted by molar-refractivity contribution is -0.131. The average molecular weight is 608 g/mol. The van der Waals surface area contributed by atoms with Gasteiger partial charge in [0.2, 0.25) is 0 Å². The highest BCUT2D eigenvalue weighted by Crippen LogP contribution is 2.45. The molecule has 2 heterocycles. The lowest BCUT2D eigenvalue weighted by Gasteiger charge is -2.47. The fraction of sp³-hybridized carbons (Fsp3) is 0.556. The summed E-state index contributed by atoms with van der Waals surface area (Å²) in [6, 6.07) is 12.9. The summed E-state index contributed by atoms with van der Waals surface area (Å²) in [5.74, 6) is 2.91. The van der Waals surface area contributed by atoms with Crippen molar-refractivity contribution in [3.8, 4) is 5.75 Å². The molecule has 3 unspecified atom stereocenters. The van der Waals surface area contributed by atoms with Crippen molar-refractivity contribution in [2.45, 2.75) is 92.2 Å². The summed E-state index contributed by atoms with van der Waals surface area (Å²) in [6.45, 7) is 16.0. The van der Waals surface area contributed by atoms with Gasteiger partial charge in [0.15, 0.2) is 0 Å². The van der Waals surface area contributed by atoms with E-state index in [0.717, 1.165) is 42.8 Å². The van der Waals surface area contributed by atoms with E-state index in [1.807, 2.05) is 52.8 Å². The maximum Gasteiger partial charge on any atom is 0.321 e. The monoisotopic (exact) mass is 607 g/mol. The van der Waals surface area contributed by atoms with Crippen LogP contribution in [0.15, 0.2) is 42.6 Å². The van der Waals surface area contributed by atoms with Crippen LogP contribution >= 0.6 is 11.8 Å². The number of hydrogen-bond acceptors (Lipinski definition) is 6. The Morgan fingerprint density at radius 1 is 1.16 bits per heavy atom. The number of likely N-dealkylation sites (tertiary alicyclic amines) is 1. The minimum absolute atomic E-state index is 0.115. The molecular formula is C36H53N3O3S. The Kier molecular flexibility index (Phi) is 13.8. The van der Waals surface area contributed by atoms with Crippen molar-refractivity contribution in [3.63, 3.8) is 0 Å². The molecule has 2 aliphatic rings. The molecule has 1 aliphatic carbocycles. The second-order valence-corrected chi connectivity index (χ2v) is 12.3. The van der Waals surface area contributed by atoms with E-state index < -0.39 is 0 Å². The Morgan fingerprint density at radius 3 is 2.60 bits per heavy atom. The molecule has 4 atom stereocenters. The van der Waals surface area contributed by atoms with Crippen LogP contribution in [0.25, 0.3) is 10.9 Å². The fourth-order valence-electron chi connectivity index (χ4n) is 6.66. The van der Waals surface area contributed by atoms with E-state index in [4.69, 9.17) is 4.74 Å². The number of aromatic nitrogens is 1.